The van der Waals surface area contributed by atoms with Crippen LogP contribution >= 0.6 is 0 Å². The number of aliphatic hydroxyl groups excluding tert-OH is 1. The van der Waals surface area contributed by atoms with Gasteiger partial charge in [-0.25, -0.2) is 0 Å². The Labute approximate surface area is 189 Å². The van der Waals surface area contributed by atoms with Gasteiger partial charge in [-0.3, -0.25) is 4.79 Å². The van der Waals surface area contributed by atoms with Gasteiger partial charge in [0.1, 0.15) is 12.4 Å². The number of anilines is 1. The fourth-order valence-electron chi connectivity index (χ4n) is 4.46. The molecule has 0 aliphatic heterocycles. The summed E-state index contributed by atoms with van der Waals surface area (Å²) < 4.78 is 6.28. The Morgan fingerprint density at radius 3 is 2.34 bits per heavy atom. The Kier molecular flexibility index (Phi) is 6.76. The van der Waals surface area contributed by atoms with Gasteiger partial charge in [0.05, 0.1) is 17.8 Å². The molecule has 5 nitrogen and oxygen atoms in total. The third-order valence-electron chi connectivity index (χ3n) is 5.96. The van der Waals surface area contributed by atoms with Crippen molar-refractivity contribution >= 4 is 11.6 Å². The van der Waals surface area contributed by atoms with Crippen molar-refractivity contribution in [1.29, 1.82) is 0 Å². The molecule has 0 saturated carbocycles. The highest BCUT2D eigenvalue weighted by molar-refractivity contribution is 5.74. The van der Waals surface area contributed by atoms with Crippen LogP contribution in [0.1, 0.15) is 41.7 Å². The van der Waals surface area contributed by atoms with Crippen LogP contribution in [0.25, 0.3) is 0 Å². The molecule has 3 aromatic carbocycles. The van der Waals surface area contributed by atoms with Gasteiger partial charge in [0.2, 0.25) is 5.91 Å². The Morgan fingerprint density at radius 2 is 1.69 bits per heavy atom. The second kappa shape index (κ2) is 9.88. The van der Waals surface area contributed by atoms with Crippen LogP contribution in [0.4, 0.5) is 5.69 Å². The van der Waals surface area contributed by atoms with E-state index < -0.39 is 6.10 Å². The number of aliphatic hydroxyl groups is 1. The van der Waals surface area contributed by atoms with Crippen molar-refractivity contribution in [3.05, 3.63) is 95.1 Å². The van der Waals surface area contributed by atoms with Crippen LogP contribution in [0.3, 0.4) is 0 Å². The minimum absolute atomic E-state index is 0.123. The van der Waals surface area contributed by atoms with Gasteiger partial charge in [0, 0.05) is 20.5 Å². The molecule has 4 rings (SSSR count). The Morgan fingerprint density at radius 1 is 1.03 bits per heavy atom. The number of carbonyl (C=O) groups is 1. The maximum atomic E-state index is 11.6. The second-order valence-corrected chi connectivity index (χ2v) is 8.39. The summed E-state index contributed by atoms with van der Waals surface area (Å²) in [7, 11) is 2.06. The van der Waals surface area contributed by atoms with Gasteiger partial charge >= 0.3 is 0 Å². The minimum Gasteiger partial charge on any atom is -0.487 e. The van der Waals surface area contributed by atoms with Crippen LogP contribution in [-0.4, -0.2) is 24.1 Å². The van der Waals surface area contributed by atoms with Crippen LogP contribution in [0.5, 0.6) is 5.75 Å². The predicted octanol–water partition coefficient (Wildman–Crippen LogP) is 4.39. The molecular formula is C27H30N2O3. The monoisotopic (exact) mass is 430 g/mol. The third-order valence-corrected chi connectivity index (χ3v) is 5.96. The van der Waals surface area contributed by atoms with E-state index >= 15 is 0 Å². The molecule has 2 N–H and O–H groups in total. The van der Waals surface area contributed by atoms with Crippen molar-refractivity contribution in [2.24, 2.45) is 0 Å². The number of amides is 1. The van der Waals surface area contributed by atoms with Crippen molar-refractivity contribution < 1.29 is 14.6 Å². The highest BCUT2D eigenvalue weighted by Crippen LogP contribution is 2.42. The van der Waals surface area contributed by atoms with Gasteiger partial charge in [-0.2, -0.15) is 0 Å². The number of hydrogen-bond acceptors (Lipinski definition) is 4. The van der Waals surface area contributed by atoms with Crippen molar-refractivity contribution in [3.8, 4) is 5.75 Å². The summed E-state index contributed by atoms with van der Waals surface area (Å²) in [6.07, 6.45) is 0.700. The second-order valence-electron chi connectivity index (χ2n) is 8.39. The number of rotatable bonds is 7. The number of nitrogens with one attached hydrogen (secondary N) is 1. The van der Waals surface area contributed by atoms with Crippen molar-refractivity contribution in [1.82, 2.24) is 5.32 Å². The average Bonchev–Trinajstić information content (AvgIpc) is 2.80. The number of fused-ring (bicyclic) bond motifs is 1. The lowest BCUT2D eigenvalue weighted by molar-refractivity contribution is -0.120. The van der Waals surface area contributed by atoms with Gasteiger partial charge in [-0.1, -0.05) is 66.7 Å². The standard InChI is InChI=1S/C27H30N2O3/c1-19(30)28-24-15-13-22-23(27(24)31)14-16-25(32-18-21-11-7-4-8-12-21)26(22)29(2)17-20-9-5-3-6-10-20/h3-12,14,16,24,27,31H,13,15,17-18H2,1-2H3,(H,28,30)/t24-,27-/m0/s1. The topological polar surface area (TPSA) is 61.8 Å². The molecule has 1 aliphatic rings. The van der Waals surface area contributed by atoms with Crippen LogP contribution < -0.4 is 15.0 Å². The van der Waals surface area contributed by atoms with E-state index in [-0.39, 0.29) is 11.9 Å². The molecule has 1 aliphatic carbocycles. The lowest BCUT2D eigenvalue weighted by Gasteiger charge is -2.34. The summed E-state index contributed by atoms with van der Waals surface area (Å²) >= 11 is 0. The zero-order valence-electron chi connectivity index (χ0n) is 18.6. The van der Waals surface area contributed by atoms with Gasteiger partial charge < -0.3 is 20.1 Å². The first kappa shape index (κ1) is 21.9. The summed E-state index contributed by atoms with van der Waals surface area (Å²) in [5, 5.41) is 13.9. The van der Waals surface area contributed by atoms with E-state index in [1.165, 1.54) is 12.5 Å². The number of carbonyl (C=O) groups excluding carboxylic acids is 1. The molecule has 0 saturated heterocycles. The number of hydrogen-bond donors (Lipinski definition) is 2. The van der Waals surface area contributed by atoms with Crippen LogP contribution in [-0.2, 0) is 24.4 Å². The summed E-state index contributed by atoms with van der Waals surface area (Å²) in [6.45, 7) is 2.69. The van der Waals surface area contributed by atoms with E-state index in [1.807, 2.05) is 60.7 Å². The summed E-state index contributed by atoms with van der Waals surface area (Å²) in [5.41, 5.74) is 5.25. The average molecular weight is 431 g/mol. The molecule has 0 heterocycles. The lowest BCUT2D eigenvalue weighted by atomic mass is 9.84. The molecule has 2 atom stereocenters. The first-order valence-corrected chi connectivity index (χ1v) is 11.1. The fraction of sp³-hybridized carbons (Fsp3) is 0.296. The molecule has 0 unspecified atom stereocenters. The number of nitrogens with zero attached hydrogens (tertiary/aromatic N) is 1. The SMILES string of the molecule is CC(=O)N[C@H]1CCc2c(ccc(OCc3ccccc3)c2N(C)Cc2ccccc2)[C@@H]1O. The zero-order chi connectivity index (χ0) is 22.5. The summed E-state index contributed by atoms with van der Waals surface area (Å²) in [6, 6.07) is 24.0. The maximum absolute atomic E-state index is 11.6. The first-order valence-electron chi connectivity index (χ1n) is 11.1. The molecule has 1 amide bonds. The summed E-state index contributed by atoms with van der Waals surface area (Å²) in [4.78, 5) is 13.8. The van der Waals surface area contributed by atoms with E-state index in [0.29, 0.717) is 13.0 Å². The Balaban J connectivity index is 1.67. The van der Waals surface area contributed by atoms with Crippen LogP contribution in [0, 0.1) is 0 Å². The van der Waals surface area contributed by atoms with Crippen molar-refractivity contribution in [2.75, 3.05) is 11.9 Å². The molecule has 166 valence electrons. The predicted molar refractivity (Wildman–Crippen MR) is 127 cm³/mol. The molecule has 0 aromatic heterocycles. The third kappa shape index (κ3) is 4.94. The van der Waals surface area contributed by atoms with Crippen LogP contribution in [0.2, 0.25) is 0 Å². The highest BCUT2D eigenvalue weighted by Gasteiger charge is 2.32. The largest absolute Gasteiger partial charge is 0.487 e. The van der Waals surface area contributed by atoms with E-state index in [9.17, 15) is 9.90 Å². The highest BCUT2D eigenvalue weighted by atomic mass is 16.5. The van der Waals surface area contributed by atoms with Gasteiger partial charge in [-0.15, -0.1) is 0 Å². The van der Waals surface area contributed by atoms with E-state index in [1.54, 1.807) is 0 Å². The quantitative estimate of drug-likeness (QED) is 0.584. The number of benzene rings is 3. The maximum Gasteiger partial charge on any atom is 0.217 e. The normalized spacial score (nSPS) is 17.3. The van der Waals surface area contributed by atoms with E-state index in [0.717, 1.165) is 41.1 Å². The zero-order valence-corrected chi connectivity index (χ0v) is 18.6. The number of ether oxygens (including phenoxy) is 1. The first-order chi connectivity index (χ1) is 15.5. The fourth-order valence-corrected chi connectivity index (χ4v) is 4.46. The Hall–Kier alpha value is -3.31. The smallest absolute Gasteiger partial charge is 0.217 e. The molecule has 3 aromatic rings. The van der Waals surface area contributed by atoms with Crippen LogP contribution in [0.15, 0.2) is 72.8 Å². The lowest BCUT2D eigenvalue weighted by Crippen LogP contribution is -2.41. The molecular weight excluding hydrogens is 400 g/mol. The van der Waals surface area contributed by atoms with E-state index in [2.05, 4.69) is 29.4 Å². The van der Waals surface area contributed by atoms with Crippen molar-refractivity contribution in [3.63, 3.8) is 0 Å². The molecule has 5 heteroatoms. The molecule has 0 spiro atoms. The minimum atomic E-state index is -0.741. The van der Waals surface area contributed by atoms with Gasteiger partial charge in [0.25, 0.3) is 0 Å². The Bertz CT molecular complexity index is 1050. The van der Waals surface area contributed by atoms with Crippen molar-refractivity contribution in [2.45, 2.75) is 45.1 Å². The molecule has 0 bridgehead atoms. The van der Waals surface area contributed by atoms with E-state index in [4.69, 9.17) is 4.74 Å². The summed E-state index contributed by atoms with van der Waals surface area (Å²) in [5.74, 6) is 0.679. The molecule has 32 heavy (non-hydrogen) atoms. The van der Waals surface area contributed by atoms with Gasteiger partial charge in [0.15, 0.2) is 0 Å². The molecule has 0 radical (unpaired) electrons. The van der Waals surface area contributed by atoms with Gasteiger partial charge in [-0.05, 0) is 41.2 Å². The molecule has 0 fully saturated rings.